The van der Waals surface area contributed by atoms with Crippen LogP contribution >= 0.6 is 0 Å². The monoisotopic (exact) mass is 284 g/mol. The van der Waals surface area contributed by atoms with Gasteiger partial charge in [0.05, 0.1) is 13.7 Å². The van der Waals surface area contributed by atoms with Crippen LogP contribution < -0.4 is 9.47 Å². The van der Waals surface area contributed by atoms with E-state index in [2.05, 4.69) is 0 Å². The van der Waals surface area contributed by atoms with Crippen LogP contribution in [0, 0.1) is 0 Å². The minimum absolute atomic E-state index is 0.376. The topological polar surface area (TPSA) is 55.8 Å². The van der Waals surface area contributed by atoms with E-state index >= 15 is 0 Å². The lowest BCUT2D eigenvalue weighted by atomic mass is 9.71. The van der Waals surface area contributed by atoms with Crippen LogP contribution in [0.1, 0.15) is 17.5 Å². The van der Waals surface area contributed by atoms with Crippen molar-refractivity contribution in [3.63, 3.8) is 0 Å². The number of benzene rings is 2. The maximum absolute atomic E-state index is 12.1. The van der Waals surface area contributed by atoms with E-state index in [4.69, 9.17) is 9.47 Å². The van der Waals surface area contributed by atoms with Crippen molar-refractivity contribution in [3.05, 3.63) is 59.7 Å². The van der Waals surface area contributed by atoms with E-state index in [1.807, 2.05) is 30.3 Å². The molecule has 2 aromatic carbocycles. The molecular formula is C17H16O4. The molecule has 3 rings (SSSR count). The Balaban J connectivity index is 2.27. The first kappa shape index (κ1) is 13.5. The van der Waals surface area contributed by atoms with E-state index in [9.17, 15) is 9.90 Å². The quantitative estimate of drug-likeness (QED) is 0.941. The number of fused-ring (bicyclic) bond motifs is 1. The maximum Gasteiger partial charge on any atom is 0.318 e. The first-order valence-corrected chi connectivity index (χ1v) is 6.79. The molecule has 0 spiro atoms. The Morgan fingerprint density at radius 2 is 2.00 bits per heavy atom. The van der Waals surface area contributed by atoms with Gasteiger partial charge in [0.2, 0.25) is 0 Å². The zero-order valence-electron chi connectivity index (χ0n) is 11.7. The first-order chi connectivity index (χ1) is 10.2. The third kappa shape index (κ3) is 2.03. The van der Waals surface area contributed by atoms with E-state index in [0.717, 1.165) is 5.56 Å². The van der Waals surface area contributed by atoms with Gasteiger partial charge in [0, 0.05) is 12.0 Å². The summed E-state index contributed by atoms with van der Waals surface area (Å²) in [5.74, 6) is 0.362. The largest absolute Gasteiger partial charge is 0.497 e. The van der Waals surface area contributed by atoms with Crippen LogP contribution in [-0.2, 0) is 10.2 Å². The number of carbonyl (C=O) groups is 1. The lowest BCUT2D eigenvalue weighted by molar-refractivity contribution is -0.143. The summed E-state index contributed by atoms with van der Waals surface area (Å²) >= 11 is 0. The van der Waals surface area contributed by atoms with Gasteiger partial charge in [0.15, 0.2) is 0 Å². The Hall–Kier alpha value is -2.49. The van der Waals surface area contributed by atoms with E-state index in [0.29, 0.717) is 30.1 Å². The van der Waals surface area contributed by atoms with Crippen molar-refractivity contribution in [3.8, 4) is 11.5 Å². The summed E-state index contributed by atoms with van der Waals surface area (Å²) in [6.45, 7) is 0.376. The van der Waals surface area contributed by atoms with Crippen molar-refractivity contribution < 1.29 is 19.4 Å². The summed E-state index contributed by atoms with van der Waals surface area (Å²) in [6, 6.07) is 14.6. The van der Waals surface area contributed by atoms with Crippen LogP contribution in [0.5, 0.6) is 11.5 Å². The standard InChI is InChI=1S/C17H16O4/c1-20-13-7-8-15-14(11-13)17(16(18)19,9-10-21-15)12-5-3-2-4-6-12/h2-8,11H,9-10H2,1H3,(H,18,19). The summed E-state index contributed by atoms with van der Waals surface area (Å²) in [6.07, 6.45) is 0.395. The molecule has 1 aliphatic heterocycles. The minimum Gasteiger partial charge on any atom is -0.497 e. The van der Waals surface area contributed by atoms with Gasteiger partial charge in [-0.15, -0.1) is 0 Å². The van der Waals surface area contributed by atoms with Gasteiger partial charge < -0.3 is 14.6 Å². The fourth-order valence-corrected chi connectivity index (χ4v) is 2.91. The highest BCUT2D eigenvalue weighted by molar-refractivity contribution is 5.87. The van der Waals surface area contributed by atoms with Gasteiger partial charge in [-0.1, -0.05) is 30.3 Å². The van der Waals surface area contributed by atoms with E-state index in [1.165, 1.54) is 0 Å². The van der Waals surface area contributed by atoms with Gasteiger partial charge in [-0.25, -0.2) is 0 Å². The van der Waals surface area contributed by atoms with Crippen molar-refractivity contribution in [1.29, 1.82) is 0 Å². The van der Waals surface area contributed by atoms with E-state index in [1.54, 1.807) is 25.3 Å². The average molecular weight is 284 g/mol. The van der Waals surface area contributed by atoms with Crippen molar-refractivity contribution in [2.75, 3.05) is 13.7 Å². The number of rotatable bonds is 3. The average Bonchev–Trinajstić information content (AvgIpc) is 2.54. The number of carboxylic acid groups (broad SMARTS) is 1. The molecule has 0 bridgehead atoms. The number of methoxy groups -OCH3 is 1. The molecule has 2 aromatic rings. The molecule has 0 saturated heterocycles. The fourth-order valence-electron chi connectivity index (χ4n) is 2.91. The fraction of sp³-hybridized carbons (Fsp3) is 0.235. The highest BCUT2D eigenvalue weighted by atomic mass is 16.5. The Labute approximate surface area is 122 Å². The number of aliphatic carboxylic acids is 1. The Morgan fingerprint density at radius 1 is 1.24 bits per heavy atom. The molecule has 1 N–H and O–H groups in total. The SMILES string of the molecule is COc1ccc2c(c1)C(C(=O)O)(c1ccccc1)CCO2. The highest BCUT2D eigenvalue weighted by Gasteiger charge is 2.46. The van der Waals surface area contributed by atoms with Crippen LogP contribution in [0.4, 0.5) is 0 Å². The molecular weight excluding hydrogens is 268 g/mol. The summed E-state index contributed by atoms with van der Waals surface area (Å²) in [5.41, 5.74) is 0.311. The summed E-state index contributed by atoms with van der Waals surface area (Å²) in [4.78, 5) is 12.1. The Morgan fingerprint density at radius 3 is 2.67 bits per heavy atom. The van der Waals surface area contributed by atoms with Gasteiger partial charge in [-0.3, -0.25) is 4.79 Å². The van der Waals surface area contributed by atoms with Gasteiger partial charge in [-0.2, -0.15) is 0 Å². The van der Waals surface area contributed by atoms with Gasteiger partial charge in [0.1, 0.15) is 16.9 Å². The predicted molar refractivity (Wildman–Crippen MR) is 78.0 cm³/mol. The molecule has 21 heavy (non-hydrogen) atoms. The Bertz CT molecular complexity index is 666. The summed E-state index contributed by atoms with van der Waals surface area (Å²) < 4.78 is 10.9. The number of hydrogen-bond acceptors (Lipinski definition) is 3. The molecule has 0 aromatic heterocycles. The Kier molecular flexibility index (Phi) is 3.29. The lowest BCUT2D eigenvalue weighted by Crippen LogP contribution is -2.41. The van der Waals surface area contributed by atoms with Crippen LogP contribution in [0.2, 0.25) is 0 Å². The first-order valence-electron chi connectivity index (χ1n) is 6.79. The van der Waals surface area contributed by atoms with Crippen molar-refractivity contribution in [1.82, 2.24) is 0 Å². The van der Waals surface area contributed by atoms with Crippen molar-refractivity contribution in [2.45, 2.75) is 11.8 Å². The van der Waals surface area contributed by atoms with Gasteiger partial charge in [-0.05, 0) is 23.8 Å². The second-order valence-corrected chi connectivity index (χ2v) is 5.04. The number of carboxylic acids is 1. The zero-order chi connectivity index (χ0) is 14.9. The zero-order valence-corrected chi connectivity index (χ0v) is 11.7. The second-order valence-electron chi connectivity index (χ2n) is 5.04. The predicted octanol–water partition coefficient (Wildman–Crippen LogP) is 2.85. The van der Waals surface area contributed by atoms with Crippen LogP contribution in [0.15, 0.2) is 48.5 Å². The summed E-state index contributed by atoms with van der Waals surface area (Å²) in [7, 11) is 1.57. The van der Waals surface area contributed by atoms with Crippen LogP contribution in [0.25, 0.3) is 0 Å². The minimum atomic E-state index is -1.09. The molecule has 0 saturated carbocycles. The molecule has 0 aliphatic carbocycles. The van der Waals surface area contributed by atoms with Crippen molar-refractivity contribution in [2.24, 2.45) is 0 Å². The molecule has 1 aliphatic rings. The molecule has 4 heteroatoms. The smallest absolute Gasteiger partial charge is 0.318 e. The van der Waals surface area contributed by atoms with Crippen molar-refractivity contribution >= 4 is 5.97 Å². The molecule has 0 fully saturated rings. The second kappa shape index (κ2) is 5.13. The number of ether oxygens (including phenoxy) is 2. The molecule has 1 unspecified atom stereocenters. The third-order valence-electron chi connectivity index (χ3n) is 4.01. The van der Waals surface area contributed by atoms with Crippen LogP contribution in [0.3, 0.4) is 0 Å². The molecule has 108 valence electrons. The lowest BCUT2D eigenvalue weighted by Gasteiger charge is -2.36. The van der Waals surface area contributed by atoms with Gasteiger partial charge in [0.25, 0.3) is 0 Å². The third-order valence-corrected chi connectivity index (χ3v) is 4.01. The molecule has 0 amide bonds. The van der Waals surface area contributed by atoms with E-state index < -0.39 is 11.4 Å². The molecule has 0 radical (unpaired) electrons. The van der Waals surface area contributed by atoms with Gasteiger partial charge >= 0.3 is 5.97 Å². The summed E-state index contributed by atoms with van der Waals surface area (Å²) in [5, 5.41) is 9.96. The maximum atomic E-state index is 12.1. The molecule has 1 atom stereocenters. The molecule has 1 heterocycles. The molecule has 4 nitrogen and oxygen atoms in total. The van der Waals surface area contributed by atoms with E-state index in [-0.39, 0.29) is 0 Å². The number of hydrogen-bond donors (Lipinski definition) is 1. The van der Waals surface area contributed by atoms with Crippen LogP contribution in [-0.4, -0.2) is 24.8 Å². The highest BCUT2D eigenvalue weighted by Crippen LogP contribution is 2.45. The normalized spacial score (nSPS) is 20.2.